The molecule has 0 bridgehead atoms. The quantitative estimate of drug-likeness (QED) is 0.534. The normalized spacial score (nSPS) is 16.5. The molecule has 9 heteroatoms. The Bertz CT molecular complexity index is 997. The number of anilines is 1. The van der Waals surface area contributed by atoms with E-state index in [4.69, 9.17) is 11.6 Å². The number of non-ortho nitro benzene ring substituents is 1. The number of nitrogens with zero attached hydrogens (tertiary/aromatic N) is 4. The van der Waals surface area contributed by atoms with Crippen molar-refractivity contribution in [1.82, 2.24) is 9.80 Å². The second-order valence-electron chi connectivity index (χ2n) is 7.74. The van der Waals surface area contributed by atoms with Crippen LogP contribution < -0.4 is 4.90 Å². The van der Waals surface area contributed by atoms with Crippen LogP contribution in [0.1, 0.15) is 33.6 Å². The van der Waals surface area contributed by atoms with Gasteiger partial charge >= 0.3 is 0 Å². The Balaban J connectivity index is 1.49. The van der Waals surface area contributed by atoms with Gasteiger partial charge < -0.3 is 14.7 Å². The third kappa shape index (κ3) is 4.49. The largest absolute Gasteiger partial charge is 0.371 e. The van der Waals surface area contributed by atoms with Gasteiger partial charge in [0.15, 0.2) is 0 Å². The van der Waals surface area contributed by atoms with Crippen molar-refractivity contribution in [1.29, 1.82) is 0 Å². The third-order valence-corrected chi connectivity index (χ3v) is 6.07. The number of amides is 2. The van der Waals surface area contributed by atoms with Gasteiger partial charge in [-0.15, -0.1) is 0 Å². The minimum Gasteiger partial charge on any atom is -0.371 e. The minimum absolute atomic E-state index is 0.0946. The van der Waals surface area contributed by atoms with E-state index in [0.29, 0.717) is 42.3 Å². The van der Waals surface area contributed by atoms with Crippen molar-refractivity contribution < 1.29 is 14.5 Å². The Hall–Kier alpha value is -3.13. The Labute approximate surface area is 185 Å². The zero-order valence-electron chi connectivity index (χ0n) is 17.0. The van der Waals surface area contributed by atoms with Gasteiger partial charge in [0.25, 0.3) is 17.5 Å². The fraction of sp³-hybridized carbons (Fsp3) is 0.364. The minimum atomic E-state index is -0.479. The number of nitro benzene ring substituents is 1. The van der Waals surface area contributed by atoms with Gasteiger partial charge in [-0.05, 0) is 43.2 Å². The van der Waals surface area contributed by atoms with Gasteiger partial charge in [-0.3, -0.25) is 19.7 Å². The lowest BCUT2D eigenvalue weighted by Gasteiger charge is -2.35. The van der Waals surface area contributed by atoms with E-state index in [0.717, 1.165) is 31.6 Å². The van der Waals surface area contributed by atoms with E-state index in [1.807, 2.05) is 0 Å². The molecule has 4 rings (SSSR count). The topological polar surface area (TPSA) is 87.0 Å². The molecule has 2 aromatic rings. The Morgan fingerprint density at radius 3 is 2.00 bits per heavy atom. The second-order valence-corrected chi connectivity index (χ2v) is 8.18. The maximum Gasteiger partial charge on any atom is 0.270 e. The molecule has 31 heavy (non-hydrogen) atoms. The number of halogens is 1. The Morgan fingerprint density at radius 2 is 1.42 bits per heavy atom. The van der Waals surface area contributed by atoms with Crippen LogP contribution in [-0.2, 0) is 0 Å². The lowest BCUT2D eigenvalue weighted by molar-refractivity contribution is -0.384. The average Bonchev–Trinajstić information content (AvgIpc) is 3.33. The Kier molecular flexibility index (Phi) is 6.08. The number of hydrogen-bond donors (Lipinski definition) is 0. The highest BCUT2D eigenvalue weighted by Gasteiger charge is 2.29. The van der Waals surface area contributed by atoms with Gasteiger partial charge in [0.2, 0.25) is 0 Å². The third-order valence-electron chi connectivity index (χ3n) is 5.81. The summed E-state index contributed by atoms with van der Waals surface area (Å²) in [6.07, 6.45) is 2.08. The highest BCUT2D eigenvalue weighted by Crippen LogP contribution is 2.29. The van der Waals surface area contributed by atoms with Crippen LogP contribution in [0.25, 0.3) is 0 Å². The smallest absolute Gasteiger partial charge is 0.270 e. The van der Waals surface area contributed by atoms with Crippen LogP contribution in [0, 0.1) is 10.1 Å². The van der Waals surface area contributed by atoms with Crippen LogP contribution in [0.5, 0.6) is 0 Å². The number of carbonyl (C=O) groups is 2. The first-order chi connectivity index (χ1) is 14.9. The van der Waals surface area contributed by atoms with E-state index >= 15 is 0 Å². The molecule has 0 spiro atoms. The van der Waals surface area contributed by atoms with Gasteiger partial charge in [-0.1, -0.05) is 11.6 Å². The van der Waals surface area contributed by atoms with Crippen molar-refractivity contribution in [2.24, 2.45) is 0 Å². The fourth-order valence-electron chi connectivity index (χ4n) is 4.10. The van der Waals surface area contributed by atoms with Crippen molar-refractivity contribution in [3.05, 3.63) is 68.7 Å². The highest BCUT2D eigenvalue weighted by molar-refractivity contribution is 6.30. The molecule has 0 N–H and O–H groups in total. The number of carbonyl (C=O) groups excluding carboxylic acids is 2. The molecular formula is C22H23ClN4O4. The van der Waals surface area contributed by atoms with Gasteiger partial charge in [0.05, 0.1) is 16.2 Å². The summed E-state index contributed by atoms with van der Waals surface area (Å²) in [6.45, 7) is 3.23. The molecule has 0 aromatic heterocycles. The zero-order valence-corrected chi connectivity index (χ0v) is 17.8. The molecule has 8 nitrogen and oxygen atoms in total. The second kappa shape index (κ2) is 8.93. The van der Waals surface area contributed by atoms with Crippen molar-refractivity contribution in [3.8, 4) is 0 Å². The van der Waals surface area contributed by atoms with Crippen LogP contribution in [0.4, 0.5) is 11.4 Å². The summed E-state index contributed by atoms with van der Waals surface area (Å²) in [7, 11) is 0. The Morgan fingerprint density at radius 1 is 0.839 bits per heavy atom. The highest BCUT2D eigenvalue weighted by atomic mass is 35.5. The van der Waals surface area contributed by atoms with Crippen LogP contribution in [0.15, 0.2) is 42.5 Å². The summed E-state index contributed by atoms with van der Waals surface area (Å²) in [4.78, 5) is 42.3. The number of piperazine rings is 1. The number of hydrogen-bond acceptors (Lipinski definition) is 5. The van der Waals surface area contributed by atoms with Gasteiger partial charge in [0.1, 0.15) is 0 Å². The van der Waals surface area contributed by atoms with Crippen LogP contribution >= 0.6 is 11.6 Å². The molecule has 2 aliphatic rings. The van der Waals surface area contributed by atoms with E-state index in [1.54, 1.807) is 40.1 Å². The summed E-state index contributed by atoms with van der Waals surface area (Å²) in [5.74, 6) is -0.332. The first-order valence-electron chi connectivity index (χ1n) is 10.3. The molecular weight excluding hydrogens is 420 g/mol. The van der Waals surface area contributed by atoms with E-state index in [1.165, 1.54) is 12.1 Å². The molecule has 2 fully saturated rings. The van der Waals surface area contributed by atoms with Gasteiger partial charge in [-0.2, -0.15) is 0 Å². The molecule has 0 aliphatic carbocycles. The van der Waals surface area contributed by atoms with E-state index in [-0.39, 0.29) is 17.5 Å². The number of rotatable bonds is 4. The lowest BCUT2D eigenvalue weighted by atomic mass is 10.1. The van der Waals surface area contributed by atoms with Crippen molar-refractivity contribution in [3.63, 3.8) is 0 Å². The van der Waals surface area contributed by atoms with Crippen LogP contribution in [0.3, 0.4) is 0 Å². The fourth-order valence-corrected chi connectivity index (χ4v) is 4.23. The van der Waals surface area contributed by atoms with E-state index in [9.17, 15) is 19.7 Å². The lowest BCUT2D eigenvalue weighted by Crippen LogP contribution is -2.50. The first kappa shape index (κ1) is 21.1. The number of nitro groups is 1. The molecule has 0 radical (unpaired) electrons. The molecule has 2 amide bonds. The molecule has 2 heterocycles. The summed E-state index contributed by atoms with van der Waals surface area (Å²) in [5.41, 5.74) is 1.56. The molecule has 0 unspecified atom stereocenters. The zero-order chi connectivity index (χ0) is 22.0. The first-order valence-corrected chi connectivity index (χ1v) is 10.7. The predicted molar refractivity (Wildman–Crippen MR) is 118 cm³/mol. The van der Waals surface area contributed by atoms with Crippen LogP contribution in [0.2, 0.25) is 5.02 Å². The molecule has 2 saturated heterocycles. The maximum absolute atomic E-state index is 13.3. The van der Waals surface area contributed by atoms with Crippen molar-refractivity contribution >= 4 is 34.8 Å². The van der Waals surface area contributed by atoms with Gasteiger partial charge in [-0.25, -0.2) is 0 Å². The summed E-state index contributed by atoms with van der Waals surface area (Å²) < 4.78 is 0. The summed E-state index contributed by atoms with van der Waals surface area (Å²) in [6, 6.07) is 11.2. The summed E-state index contributed by atoms with van der Waals surface area (Å²) in [5, 5.41) is 11.8. The summed E-state index contributed by atoms with van der Waals surface area (Å²) >= 11 is 5.89. The molecule has 2 aliphatic heterocycles. The molecule has 0 saturated carbocycles. The van der Waals surface area contributed by atoms with Crippen molar-refractivity contribution in [2.45, 2.75) is 12.8 Å². The SMILES string of the molecule is O=C(c1ccc(Cl)cc1)N1CCN(C(=O)c2cc([N+](=O)[O-])ccc2N2CCCC2)CC1. The van der Waals surface area contributed by atoms with Gasteiger partial charge in [0, 0.05) is 62.0 Å². The molecule has 162 valence electrons. The standard InChI is InChI=1S/C22H23ClN4O4/c23-17-5-3-16(4-6-17)21(28)25-11-13-26(14-12-25)22(29)19-15-18(27(30)31)7-8-20(19)24-9-1-2-10-24/h3-8,15H,1-2,9-14H2. The average molecular weight is 443 g/mol. The monoisotopic (exact) mass is 442 g/mol. The predicted octanol–water partition coefficient (Wildman–Crippen LogP) is 3.45. The maximum atomic E-state index is 13.3. The number of benzene rings is 2. The van der Waals surface area contributed by atoms with E-state index < -0.39 is 4.92 Å². The van der Waals surface area contributed by atoms with Crippen molar-refractivity contribution in [2.75, 3.05) is 44.2 Å². The molecule has 0 atom stereocenters. The van der Waals surface area contributed by atoms with E-state index in [2.05, 4.69) is 4.90 Å². The molecule has 2 aromatic carbocycles. The van der Waals surface area contributed by atoms with Crippen LogP contribution in [-0.4, -0.2) is 65.8 Å².